The summed E-state index contributed by atoms with van der Waals surface area (Å²) in [6, 6.07) is 10.6. The SMILES string of the molecule is Cc1cc(-c2nc(Cl)c3cccc(C)c3n2)ccc1F. The maximum Gasteiger partial charge on any atom is 0.161 e. The van der Waals surface area contributed by atoms with E-state index in [0.29, 0.717) is 16.5 Å². The molecule has 0 saturated carbocycles. The second-order valence-electron chi connectivity index (χ2n) is 4.77. The molecule has 20 heavy (non-hydrogen) atoms. The molecule has 0 N–H and O–H groups in total. The summed E-state index contributed by atoms with van der Waals surface area (Å²) in [7, 11) is 0. The van der Waals surface area contributed by atoms with E-state index in [-0.39, 0.29) is 5.82 Å². The summed E-state index contributed by atoms with van der Waals surface area (Å²) in [6.45, 7) is 3.69. The van der Waals surface area contributed by atoms with Gasteiger partial charge in [0.05, 0.1) is 5.52 Å². The Morgan fingerprint density at radius 2 is 1.80 bits per heavy atom. The summed E-state index contributed by atoms with van der Waals surface area (Å²) in [5, 5.41) is 1.24. The van der Waals surface area contributed by atoms with Gasteiger partial charge in [0.25, 0.3) is 0 Å². The fourth-order valence-electron chi connectivity index (χ4n) is 2.17. The Kier molecular flexibility index (Phi) is 3.14. The van der Waals surface area contributed by atoms with E-state index in [1.54, 1.807) is 19.1 Å². The average molecular weight is 287 g/mol. The predicted octanol–water partition coefficient (Wildman–Crippen LogP) is 4.71. The standard InChI is InChI=1S/C16H12ClFN2/c1-9-4-3-5-12-14(9)19-16(20-15(12)17)11-6-7-13(18)10(2)8-11/h3-8H,1-2H3. The molecule has 0 saturated heterocycles. The van der Waals surface area contributed by atoms with Crippen molar-refractivity contribution in [1.82, 2.24) is 9.97 Å². The van der Waals surface area contributed by atoms with Gasteiger partial charge >= 0.3 is 0 Å². The Morgan fingerprint density at radius 3 is 2.55 bits per heavy atom. The van der Waals surface area contributed by atoms with Crippen molar-refractivity contribution in [2.45, 2.75) is 13.8 Å². The molecule has 1 heterocycles. The number of para-hydroxylation sites is 1. The van der Waals surface area contributed by atoms with E-state index >= 15 is 0 Å². The highest BCUT2D eigenvalue weighted by Gasteiger charge is 2.10. The van der Waals surface area contributed by atoms with Crippen LogP contribution in [0.3, 0.4) is 0 Å². The highest BCUT2D eigenvalue weighted by Crippen LogP contribution is 2.27. The van der Waals surface area contributed by atoms with Gasteiger partial charge in [-0.3, -0.25) is 0 Å². The van der Waals surface area contributed by atoms with E-state index in [9.17, 15) is 4.39 Å². The van der Waals surface area contributed by atoms with Crippen LogP contribution >= 0.6 is 11.6 Å². The summed E-state index contributed by atoms with van der Waals surface area (Å²) < 4.78 is 13.3. The first-order valence-corrected chi connectivity index (χ1v) is 6.63. The molecular formula is C16H12ClFN2. The van der Waals surface area contributed by atoms with Crippen LogP contribution in [0.25, 0.3) is 22.3 Å². The van der Waals surface area contributed by atoms with Crippen LogP contribution in [0, 0.1) is 19.7 Å². The molecule has 2 aromatic carbocycles. The number of nitrogens with zero attached hydrogens (tertiary/aromatic N) is 2. The van der Waals surface area contributed by atoms with E-state index in [1.165, 1.54) is 6.07 Å². The Labute approximate surface area is 121 Å². The summed E-state index contributed by atoms with van der Waals surface area (Å²) >= 11 is 6.23. The number of aromatic nitrogens is 2. The number of fused-ring (bicyclic) bond motifs is 1. The normalized spacial score (nSPS) is 11.0. The van der Waals surface area contributed by atoms with Crippen LogP contribution < -0.4 is 0 Å². The minimum absolute atomic E-state index is 0.239. The molecule has 1 aromatic heterocycles. The van der Waals surface area contributed by atoms with Crippen LogP contribution in [0.5, 0.6) is 0 Å². The van der Waals surface area contributed by atoms with Gasteiger partial charge in [0.1, 0.15) is 11.0 Å². The molecule has 0 aliphatic heterocycles. The minimum atomic E-state index is -0.239. The molecule has 4 heteroatoms. The van der Waals surface area contributed by atoms with Gasteiger partial charge in [0.15, 0.2) is 5.82 Å². The molecule has 3 aromatic rings. The maximum atomic E-state index is 13.3. The quantitative estimate of drug-likeness (QED) is 0.606. The van der Waals surface area contributed by atoms with E-state index < -0.39 is 0 Å². The van der Waals surface area contributed by atoms with Gasteiger partial charge in [-0.1, -0.05) is 23.7 Å². The molecule has 0 unspecified atom stereocenters. The summed E-state index contributed by atoms with van der Waals surface area (Å²) in [5.74, 6) is 0.275. The Hall–Kier alpha value is -2.00. The Bertz CT molecular complexity index is 815. The molecule has 0 aliphatic rings. The molecule has 100 valence electrons. The van der Waals surface area contributed by atoms with Crippen LogP contribution in [-0.4, -0.2) is 9.97 Å². The third-order valence-corrected chi connectivity index (χ3v) is 3.59. The van der Waals surface area contributed by atoms with Gasteiger partial charge in [-0.2, -0.15) is 0 Å². The van der Waals surface area contributed by atoms with E-state index in [0.717, 1.165) is 22.0 Å². The topological polar surface area (TPSA) is 25.8 Å². The van der Waals surface area contributed by atoms with Crippen LogP contribution in [0.2, 0.25) is 5.15 Å². The van der Waals surface area contributed by atoms with Crippen molar-refractivity contribution in [2.75, 3.05) is 0 Å². The van der Waals surface area contributed by atoms with Gasteiger partial charge in [0.2, 0.25) is 0 Å². The zero-order chi connectivity index (χ0) is 14.3. The van der Waals surface area contributed by atoms with Crippen molar-refractivity contribution in [2.24, 2.45) is 0 Å². The lowest BCUT2D eigenvalue weighted by atomic mass is 10.1. The van der Waals surface area contributed by atoms with Gasteiger partial charge in [-0.25, -0.2) is 14.4 Å². The van der Waals surface area contributed by atoms with Gasteiger partial charge in [-0.15, -0.1) is 0 Å². The molecule has 0 bridgehead atoms. The van der Waals surface area contributed by atoms with Gasteiger partial charge in [0, 0.05) is 10.9 Å². The molecule has 0 fully saturated rings. The lowest BCUT2D eigenvalue weighted by Crippen LogP contribution is -1.94. The first-order valence-electron chi connectivity index (χ1n) is 6.25. The molecule has 2 nitrogen and oxygen atoms in total. The lowest BCUT2D eigenvalue weighted by Gasteiger charge is -2.07. The molecule has 3 rings (SSSR count). The Balaban J connectivity index is 2.26. The second kappa shape index (κ2) is 4.84. The predicted molar refractivity (Wildman–Crippen MR) is 79.4 cm³/mol. The lowest BCUT2D eigenvalue weighted by molar-refractivity contribution is 0.618. The molecule has 0 spiro atoms. The number of benzene rings is 2. The highest BCUT2D eigenvalue weighted by molar-refractivity contribution is 6.34. The first-order chi connectivity index (χ1) is 9.56. The number of hydrogen-bond donors (Lipinski definition) is 0. The smallest absolute Gasteiger partial charge is 0.161 e. The average Bonchev–Trinajstić information content (AvgIpc) is 2.43. The van der Waals surface area contributed by atoms with E-state index in [4.69, 9.17) is 11.6 Å². The molecule has 0 aliphatic carbocycles. The molecule has 0 radical (unpaired) electrons. The van der Waals surface area contributed by atoms with Crippen molar-refractivity contribution in [3.63, 3.8) is 0 Å². The fourth-order valence-corrected chi connectivity index (χ4v) is 2.40. The summed E-state index contributed by atoms with van der Waals surface area (Å²) in [6.07, 6.45) is 0. The van der Waals surface area contributed by atoms with Gasteiger partial charge < -0.3 is 0 Å². The zero-order valence-electron chi connectivity index (χ0n) is 11.1. The molecule has 0 amide bonds. The number of aryl methyl sites for hydroxylation is 2. The Morgan fingerprint density at radius 1 is 1.00 bits per heavy atom. The summed E-state index contributed by atoms with van der Waals surface area (Å²) in [5.41, 5.74) is 3.18. The largest absolute Gasteiger partial charge is 0.228 e. The van der Waals surface area contributed by atoms with Crippen molar-refractivity contribution < 1.29 is 4.39 Å². The number of hydrogen-bond acceptors (Lipinski definition) is 2. The van der Waals surface area contributed by atoms with Gasteiger partial charge in [-0.05, 0) is 49.2 Å². The van der Waals surface area contributed by atoms with Crippen molar-refractivity contribution in [3.8, 4) is 11.4 Å². The van der Waals surface area contributed by atoms with E-state index in [1.807, 2.05) is 25.1 Å². The minimum Gasteiger partial charge on any atom is -0.228 e. The monoisotopic (exact) mass is 286 g/mol. The zero-order valence-corrected chi connectivity index (χ0v) is 11.9. The first kappa shape index (κ1) is 13.0. The third-order valence-electron chi connectivity index (χ3n) is 3.30. The highest BCUT2D eigenvalue weighted by atomic mass is 35.5. The fraction of sp³-hybridized carbons (Fsp3) is 0.125. The van der Waals surface area contributed by atoms with Crippen LogP contribution in [0.1, 0.15) is 11.1 Å². The van der Waals surface area contributed by atoms with Crippen LogP contribution in [-0.2, 0) is 0 Å². The van der Waals surface area contributed by atoms with E-state index in [2.05, 4.69) is 9.97 Å². The van der Waals surface area contributed by atoms with Crippen molar-refractivity contribution >= 4 is 22.5 Å². The van der Waals surface area contributed by atoms with Crippen molar-refractivity contribution in [3.05, 3.63) is 58.5 Å². The number of halogens is 2. The summed E-state index contributed by atoms with van der Waals surface area (Å²) in [4.78, 5) is 8.87. The number of rotatable bonds is 1. The second-order valence-corrected chi connectivity index (χ2v) is 5.13. The van der Waals surface area contributed by atoms with Crippen LogP contribution in [0.15, 0.2) is 36.4 Å². The molecule has 0 atom stereocenters. The maximum absolute atomic E-state index is 13.3. The molecular weight excluding hydrogens is 275 g/mol. The van der Waals surface area contributed by atoms with Crippen molar-refractivity contribution in [1.29, 1.82) is 0 Å². The third kappa shape index (κ3) is 2.14. The van der Waals surface area contributed by atoms with Crippen LogP contribution in [0.4, 0.5) is 4.39 Å².